The lowest BCUT2D eigenvalue weighted by Crippen LogP contribution is -2.21. The Balaban J connectivity index is 1.94. The lowest BCUT2D eigenvalue weighted by Gasteiger charge is -2.02. The maximum atomic E-state index is 12.9. The molecule has 0 fully saturated rings. The van der Waals surface area contributed by atoms with Crippen LogP contribution in [0.15, 0.2) is 64.5 Å². The molecule has 0 bridgehead atoms. The molecule has 0 saturated heterocycles. The Kier molecular flexibility index (Phi) is 5.61. The number of hydrogen-bond acceptors (Lipinski definition) is 5. The van der Waals surface area contributed by atoms with Gasteiger partial charge in [0.25, 0.3) is 5.56 Å². The average molecular weight is 364 g/mol. The molecule has 1 aromatic carbocycles. The van der Waals surface area contributed by atoms with Crippen molar-refractivity contribution in [1.29, 1.82) is 0 Å². The van der Waals surface area contributed by atoms with Gasteiger partial charge in [-0.2, -0.15) is 0 Å². The van der Waals surface area contributed by atoms with Crippen LogP contribution in [0.5, 0.6) is 5.88 Å². The van der Waals surface area contributed by atoms with Gasteiger partial charge < -0.3 is 4.74 Å². The quantitative estimate of drug-likeness (QED) is 0.538. The number of H-pyrrole nitrogens is 1. The second-order valence-electron chi connectivity index (χ2n) is 6.01. The van der Waals surface area contributed by atoms with Crippen molar-refractivity contribution in [3.8, 4) is 5.88 Å². The Morgan fingerprint density at radius 3 is 2.56 bits per heavy atom. The van der Waals surface area contributed by atoms with E-state index in [0.29, 0.717) is 18.8 Å². The zero-order valence-corrected chi connectivity index (χ0v) is 15.2. The highest BCUT2D eigenvalue weighted by Crippen LogP contribution is 2.15. The largest absolute Gasteiger partial charge is 0.407 e. The molecule has 3 aromatic rings. The number of aromatic amines is 1. The average Bonchev–Trinajstić information content (AvgIpc) is 2.96. The van der Waals surface area contributed by atoms with Crippen molar-refractivity contribution in [2.45, 2.75) is 26.9 Å². The molecular formula is C20H20N4O3. The van der Waals surface area contributed by atoms with E-state index in [4.69, 9.17) is 4.74 Å². The van der Waals surface area contributed by atoms with Crippen molar-refractivity contribution in [2.24, 2.45) is 4.99 Å². The third-order valence-corrected chi connectivity index (χ3v) is 3.92. The number of rotatable bonds is 6. The fraction of sp³-hybridized carbons (Fsp3) is 0.200. The fourth-order valence-electron chi connectivity index (χ4n) is 2.65. The molecule has 27 heavy (non-hydrogen) atoms. The molecular weight excluding hydrogens is 344 g/mol. The molecule has 2 heterocycles. The van der Waals surface area contributed by atoms with E-state index < -0.39 is 5.97 Å². The number of aromatic nitrogens is 3. The van der Waals surface area contributed by atoms with Gasteiger partial charge in [-0.1, -0.05) is 36.4 Å². The first-order valence-corrected chi connectivity index (χ1v) is 8.51. The summed E-state index contributed by atoms with van der Waals surface area (Å²) >= 11 is 0. The predicted octanol–water partition coefficient (Wildman–Crippen LogP) is 2.55. The van der Waals surface area contributed by atoms with Crippen molar-refractivity contribution < 1.29 is 9.53 Å². The van der Waals surface area contributed by atoms with Gasteiger partial charge in [0.1, 0.15) is 5.56 Å². The molecule has 138 valence electrons. The molecule has 3 rings (SSSR count). The predicted molar refractivity (Wildman–Crippen MR) is 102 cm³/mol. The Morgan fingerprint density at radius 2 is 1.89 bits per heavy atom. The first-order chi connectivity index (χ1) is 13.0. The molecule has 0 atom stereocenters. The van der Waals surface area contributed by atoms with Crippen LogP contribution < -0.4 is 10.3 Å². The highest BCUT2D eigenvalue weighted by molar-refractivity contribution is 6.00. The number of aliphatic imine (C=N–C) groups is 1. The van der Waals surface area contributed by atoms with Crippen LogP contribution in [0, 0.1) is 0 Å². The number of hydrogen-bond donors (Lipinski definition) is 1. The normalized spacial score (nSPS) is 11.4. The van der Waals surface area contributed by atoms with Crippen molar-refractivity contribution in [3.63, 3.8) is 0 Å². The smallest absolute Gasteiger partial charge is 0.309 e. The number of esters is 1. The van der Waals surface area contributed by atoms with Gasteiger partial charge in [-0.05, 0) is 24.6 Å². The van der Waals surface area contributed by atoms with E-state index >= 15 is 0 Å². The van der Waals surface area contributed by atoms with Gasteiger partial charge in [-0.15, -0.1) is 0 Å². The molecule has 2 aromatic heterocycles. The number of nitrogens with zero attached hydrogens (tertiary/aromatic N) is 3. The number of carbonyl (C=O) groups is 1. The summed E-state index contributed by atoms with van der Waals surface area (Å²) in [6.45, 7) is 3.67. The summed E-state index contributed by atoms with van der Waals surface area (Å²) in [5.74, 6) is -0.410. The van der Waals surface area contributed by atoms with Gasteiger partial charge >= 0.3 is 5.97 Å². The summed E-state index contributed by atoms with van der Waals surface area (Å²) in [5, 5.41) is 2.87. The Labute approximate surface area is 156 Å². The van der Waals surface area contributed by atoms with Crippen molar-refractivity contribution in [3.05, 3.63) is 81.9 Å². The van der Waals surface area contributed by atoms with E-state index in [9.17, 15) is 9.59 Å². The fourth-order valence-corrected chi connectivity index (χ4v) is 2.65. The second-order valence-corrected chi connectivity index (χ2v) is 6.01. The van der Waals surface area contributed by atoms with E-state index in [1.807, 2.05) is 48.5 Å². The van der Waals surface area contributed by atoms with Crippen molar-refractivity contribution in [2.75, 3.05) is 0 Å². The van der Waals surface area contributed by atoms with Crippen molar-refractivity contribution >= 4 is 11.7 Å². The monoisotopic (exact) mass is 364 g/mol. The van der Waals surface area contributed by atoms with E-state index in [0.717, 1.165) is 11.3 Å². The van der Waals surface area contributed by atoms with Gasteiger partial charge in [-0.25, -0.2) is 4.68 Å². The first-order valence-electron chi connectivity index (χ1n) is 8.51. The van der Waals surface area contributed by atoms with Crippen LogP contribution in [0.25, 0.3) is 0 Å². The Morgan fingerprint density at radius 1 is 1.15 bits per heavy atom. The SMILES string of the molecule is CC(=O)Oc1[nH]n(Cc2ccccc2)c(=O)c1C(C)=NCc1ccccn1. The summed E-state index contributed by atoms with van der Waals surface area (Å²) in [5.41, 5.74) is 2.16. The summed E-state index contributed by atoms with van der Waals surface area (Å²) < 4.78 is 6.61. The van der Waals surface area contributed by atoms with Gasteiger partial charge in [-0.3, -0.25) is 24.7 Å². The molecule has 0 aliphatic heterocycles. The lowest BCUT2D eigenvalue weighted by atomic mass is 10.2. The maximum Gasteiger partial charge on any atom is 0.309 e. The molecule has 7 nitrogen and oxygen atoms in total. The summed E-state index contributed by atoms with van der Waals surface area (Å²) in [6.07, 6.45) is 1.69. The first kappa shape index (κ1) is 18.3. The highest BCUT2D eigenvalue weighted by Gasteiger charge is 2.19. The molecule has 0 amide bonds. The maximum absolute atomic E-state index is 12.9. The lowest BCUT2D eigenvalue weighted by molar-refractivity contribution is -0.132. The molecule has 1 N–H and O–H groups in total. The minimum absolute atomic E-state index is 0.103. The van der Waals surface area contributed by atoms with Gasteiger partial charge in [0.05, 0.1) is 24.5 Å². The topological polar surface area (TPSA) is 89.3 Å². The minimum Gasteiger partial charge on any atom is -0.407 e. The number of nitrogens with one attached hydrogen (secondary N) is 1. The molecule has 7 heteroatoms. The third-order valence-electron chi connectivity index (χ3n) is 3.92. The van der Waals surface area contributed by atoms with E-state index in [2.05, 4.69) is 15.1 Å². The van der Waals surface area contributed by atoms with Gasteiger partial charge in [0.15, 0.2) is 0 Å². The molecule has 0 saturated carbocycles. The second kappa shape index (κ2) is 8.27. The van der Waals surface area contributed by atoms with Crippen LogP contribution in [0.3, 0.4) is 0 Å². The number of ether oxygens (including phenoxy) is 1. The van der Waals surface area contributed by atoms with Crippen LogP contribution in [-0.4, -0.2) is 26.4 Å². The zero-order valence-electron chi connectivity index (χ0n) is 15.2. The zero-order chi connectivity index (χ0) is 19.2. The van der Waals surface area contributed by atoms with Crippen LogP contribution in [0.4, 0.5) is 0 Å². The standard InChI is InChI=1S/C20H20N4O3/c1-14(22-12-17-10-6-7-11-21-17)18-19(27-15(2)25)23-24(20(18)26)13-16-8-4-3-5-9-16/h3-11,23H,12-13H2,1-2H3. The number of carbonyl (C=O) groups excluding carboxylic acids is 1. The van der Waals surface area contributed by atoms with Crippen LogP contribution in [0.2, 0.25) is 0 Å². The van der Waals surface area contributed by atoms with E-state index in [1.165, 1.54) is 11.6 Å². The van der Waals surface area contributed by atoms with E-state index in [1.54, 1.807) is 13.1 Å². The summed E-state index contributed by atoms with van der Waals surface area (Å²) in [7, 11) is 0. The van der Waals surface area contributed by atoms with Crippen LogP contribution in [0.1, 0.15) is 30.7 Å². The van der Waals surface area contributed by atoms with Crippen molar-refractivity contribution in [1.82, 2.24) is 14.8 Å². The molecule has 0 aliphatic carbocycles. The molecule has 0 radical (unpaired) electrons. The van der Waals surface area contributed by atoms with E-state index in [-0.39, 0.29) is 17.0 Å². The number of pyridine rings is 1. The molecule has 0 aliphatic rings. The summed E-state index contributed by atoms with van der Waals surface area (Å²) in [6, 6.07) is 15.1. The van der Waals surface area contributed by atoms with Gasteiger partial charge in [0, 0.05) is 13.1 Å². The van der Waals surface area contributed by atoms with Crippen LogP contribution >= 0.6 is 0 Å². The highest BCUT2D eigenvalue weighted by atomic mass is 16.5. The van der Waals surface area contributed by atoms with Crippen LogP contribution in [-0.2, 0) is 17.9 Å². The van der Waals surface area contributed by atoms with Gasteiger partial charge in [0.2, 0.25) is 5.88 Å². The number of benzene rings is 1. The molecule has 0 spiro atoms. The Bertz CT molecular complexity index is 1000. The molecule has 0 unspecified atom stereocenters. The third kappa shape index (κ3) is 4.58. The Hall–Kier alpha value is -3.48. The summed E-state index contributed by atoms with van der Waals surface area (Å²) in [4.78, 5) is 33.0. The minimum atomic E-state index is -0.512.